The molecule has 0 saturated carbocycles. The average molecular weight is 335 g/mol. The first kappa shape index (κ1) is 20.8. The Labute approximate surface area is 138 Å². The van der Waals surface area contributed by atoms with Crippen molar-refractivity contribution < 1.29 is 9.59 Å². The van der Waals surface area contributed by atoms with Crippen LogP contribution in [0.1, 0.15) is 55.4 Å². The number of nitrogens with one attached hydrogen (secondary N) is 2. The molecule has 2 N–H and O–H groups in total. The van der Waals surface area contributed by atoms with Gasteiger partial charge in [0.05, 0.1) is 17.0 Å². The molecular formula is C15H30N2O2S2. The maximum atomic E-state index is 12.5. The molecule has 1 amide bonds. The van der Waals surface area contributed by atoms with E-state index in [0.717, 1.165) is 0 Å². The molecule has 4 nitrogen and oxygen atoms in total. The predicted octanol–water partition coefficient (Wildman–Crippen LogP) is 3.03. The number of carbonyl (C=O) groups excluding carboxylic acids is 2. The summed E-state index contributed by atoms with van der Waals surface area (Å²) >= 11 is 4.22. The number of hydrogen-bond donors (Lipinski definition) is 3. The van der Waals surface area contributed by atoms with Crippen LogP contribution >= 0.6 is 22.5 Å². The lowest BCUT2D eigenvalue weighted by molar-refractivity contribution is -0.133. The zero-order valence-corrected chi connectivity index (χ0v) is 16.1. The topological polar surface area (TPSA) is 58.2 Å². The molecule has 0 aromatic heterocycles. The minimum Gasteiger partial charge on any atom is -0.345 e. The summed E-state index contributed by atoms with van der Waals surface area (Å²) in [4.78, 5) is 24.3. The van der Waals surface area contributed by atoms with Crippen molar-refractivity contribution in [3.63, 3.8) is 0 Å². The zero-order chi connectivity index (χ0) is 17.0. The molecule has 21 heavy (non-hydrogen) atoms. The van der Waals surface area contributed by atoms with E-state index in [1.165, 1.54) is 10.8 Å². The maximum absolute atomic E-state index is 12.5. The van der Waals surface area contributed by atoms with Gasteiger partial charge in [0.15, 0.2) is 5.78 Å². The minimum absolute atomic E-state index is 0.0289. The maximum Gasteiger partial charge on any atom is 0.238 e. The van der Waals surface area contributed by atoms with Crippen LogP contribution in [0.25, 0.3) is 0 Å². The standard InChI is InChI=1S/C15H30N2O2S2/c1-9(2)11(17-15(7,8)21-20)13(19)16-10(3)12(18)14(4,5)6/h9-11,17,20H,1-8H3,(H,16,19). The molecule has 0 spiro atoms. The predicted molar refractivity (Wildman–Crippen MR) is 94.5 cm³/mol. The highest BCUT2D eigenvalue weighted by atomic mass is 33.1. The molecule has 0 radical (unpaired) electrons. The molecule has 0 rings (SSSR count). The fraction of sp³-hybridized carbons (Fsp3) is 0.867. The van der Waals surface area contributed by atoms with Crippen molar-refractivity contribution in [2.24, 2.45) is 11.3 Å². The molecule has 0 aliphatic carbocycles. The largest absolute Gasteiger partial charge is 0.345 e. The lowest BCUT2D eigenvalue weighted by atomic mass is 9.87. The third kappa shape index (κ3) is 7.06. The molecule has 0 aliphatic rings. The molecule has 2 atom stereocenters. The van der Waals surface area contributed by atoms with Crippen molar-refractivity contribution >= 4 is 34.1 Å². The van der Waals surface area contributed by atoms with Crippen LogP contribution in [0, 0.1) is 11.3 Å². The van der Waals surface area contributed by atoms with Gasteiger partial charge in [-0.2, -0.15) is 0 Å². The number of Topliss-reactive ketones (excluding diaryl/α,β-unsaturated/α-hetero) is 1. The molecule has 0 aromatic rings. The van der Waals surface area contributed by atoms with Crippen molar-refractivity contribution in [1.82, 2.24) is 10.6 Å². The molecule has 0 bridgehead atoms. The van der Waals surface area contributed by atoms with Crippen LogP contribution in [0.5, 0.6) is 0 Å². The molecule has 0 aliphatic heterocycles. The highest BCUT2D eigenvalue weighted by Crippen LogP contribution is 2.26. The number of hydrogen-bond acceptors (Lipinski definition) is 5. The Morgan fingerprint density at radius 3 is 1.86 bits per heavy atom. The fourth-order valence-corrected chi connectivity index (χ4v) is 2.29. The van der Waals surface area contributed by atoms with E-state index in [1.54, 1.807) is 6.92 Å². The highest BCUT2D eigenvalue weighted by molar-refractivity contribution is 8.69. The molecular weight excluding hydrogens is 304 g/mol. The van der Waals surface area contributed by atoms with E-state index in [0.29, 0.717) is 0 Å². The van der Waals surface area contributed by atoms with Crippen LogP contribution in [0.15, 0.2) is 0 Å². The van der Waals surface area contributed by atoms with Crippen molar-refractivity contribution in [1.29, 1.82) is 0 Å². The average Bonchev–Trinajstić information content (AvgIpc) is 2.33. The van der Waals surface area contributed by atoms with Crippen LogP contribution in [0.4, 0.5) is 0 Å². The van der Waals surface area contributed by atoms with Crippen LogP contribution in [-0.2, 0) is 9.59 Å². The first-order valence-corrected chi connectivity index (χ1v) is 9.13. The van der Waals surface area contributed by atoms with Gasteiger partial charge in [0.1, 0.15) is 0 Å². The Morgan fingerprint density at radius 1 is 1.05 bits per heavy atom. The van der Waals surface area contributed by atoms with Crippen molar-refractivity contribution in [2.45, 2.75) is 72.3 Å². The quantitative estimate of drug-likeness (QED) is 0.380. The Bertz CT molecular complexity index is 376. The second-order valence-electron chi connectivity index (χ2n) is 7.31. The van der Waals surface area contributed by atoms with Gasteiger partial charge in [-0.05, 0) is 26.7 Å². The summed E-state index contributed by atoms with van der Waals surface area (Å²) < 4.78 is 0. The van der Waals surface area contributed by atoms with E-state index < -0.39 is 11.5 Å². The van der Waals surface area contributed by atoms with Gasteiger partial charge in [0.25, 0.3) is 0 Å². The van der Waals surface area contributed by atoms with E-state index in [9.17, 15) is 9.59 Å². The van der Waals surface area contributed by atoms with Gasteiger partial charge < -0.3 is 5.32 Å². The fourth-order valence-electron chi connectivity index (χ4n) is 1.95. The van der Waals surface area contributed by atoms with Gasteiger partial charge in [-0.15, -0.1) is 11.7 Å². The summed E-state index contributed by atoms with van der Waals surface area (Å²) in [5, 5.41) is 6.12. The first-order valence-electron chi connectivity index (χ1n) is 7.27. The summed E-state index contributed by atoms with van der Waals surface area (Å²) in [5.41, 5.74) is -0.465. The molecule has 0 aromatic carbocycles. The van der Waals surface area contributed by atoms with Crippen molar-refractivity contribution in [3.8, 4) is 0 Å². The van der Waals surface area contributed by atoms with Crippen molar-refractivity contribution in [2.75, 3.05) is 0 Å². The van der Waals surface area contributed by atoms with E-state index in [-0.39, 0.29) is 28.5 Å². The Kier molecular flexibility index (Phi) is 7.81. The molecule has 0 heterocycles. The summed E-state index contributed by atoms with van der Waals surface area (Å²) in [5.74, 6) is -0.00607. The Hall–Kier alpha value is -0.200. The number of carbonyl (C=O) groups is 2. The number of rotatable bonds is 7. The normalized spacial score (nSPS) is 15.7. The Morgan fingerprint density at radius 2 is 1.52 bits per heavy atom. The van der Waals surface area contributed by atoms with E-state index in [1.807, 2.05) is 48.5 Å². The summed E-state index contributed by atoms with van der Waals surface area (Å²) in [6.45, 7) is 15.2. The Balaban J connectivity index is 4.90. The molecule has 0 fully saturated rings. The smallest absolute Gasteiger partial charge is 0.238 e. The second-order valence-corrected chi connectivity index (χ2v) is 9.06. The number of amides is 1. The lowest BCUT2D eigenvalue weighted by Crippen LogP contribution is -2.56. The van der Waals surface area contributed by atoms with E-state index in [2.05, 4.69) is 22.3 Å². The van der Waals surface area contributed by atoms with Gasteiger partial charge in [-0.3, -0.25) is 14.9 Å². The number of ketones is 1. The third-order valence-corrected chi connectivity index (χ3v) is 5.12. The van der Waals surface area contributed by atoms with Crippen LogP contribution in [-0.4, -0.2) is 28.6 Å². The van der Waals surface area contributed by atoms with Gasteiger partial charge >= 0.3 is 0 Å². The van der Waals surface area contributed by atoms with Crippen LogP contribution in [0.3, 0.4) is 0 Å². The lowest BCUT2D eigenvalue weighted by Gasteiger charge is -2.32. The molecule has 6 heteroatoms. The van der Waals surface area contributed by atoms with Crippen LogP contribution < -0.4 is 10.6 Å². The highest BCUT2D eigenvalue weighted by Gasteiger charge is 2.32. The minimum atomic E-state index is -0.493. The van der Waals surface area contributed by atoms with Gasteiger partial charge in [-0.25, -0.2) is 0 Å². The number of thiol groups is 1. The van der Waals surface area contributed by atoms with Crippen LogP contribution in [0.2, 0.25) is 0 Å². The van der Waals surface area contributed by atoms with Crippen molar-refractivity contribution in [3.05, 3.63) is 0 Å². The SMILES string of the molecule is CC(NC(=O)C(NC(C)(C)SS)C(C)C)C(=O)C(C)(C)C. The summed E-state index contributed by atoms with van der Waals surface area (Å²) in [6.07, 6.45) is 0. The molecule has 0 saturated heterocycles. The van der Waals surface area contributed by atoms with E-state index in [4.69, 9.17) is 0 Å². The summed E-state index contributed by atoms with van der Waals surface area (Å²) in [6, 6.07) is -0.859. The van der Waals surface area contributed by atoms with E-state index >= 15 is 0 Å². The second kappa shape index (κ2) is 7.88. The van der Waals surface area contributed by atoms with Gasteiger partial charge in [0.2, 0.25) is 5.91 Å². The monoisotopic (exact) mass is 334 g/mol. The van der Waals surface area contributed by atoms with Gasteiger partial charge in [0, 0.05) is 5.41 Å². The van der Waals surface area contributed by atoms with Gasteiger partial charge in [-0.1, -0.05) is 45.4 Å². The first-order chi connectivity index (χ1) is 9.31. The molecule has 2 unspecified atom stereocenters. The summed E-state index contributed by atoms with van der Waals surface area (Å²) in [7, 11) is 1.36. The molecule has 124 valence electrons. The zero-order valence-electron chi connectivity index (χ0n) is 14.4. The third-order valence-electron chi connectivity index (χ3n) is 3.17.